The SMILES string of the molecule is CC[C@@H](CO)N1C(=O)[C@@H]2[C@H]3C(=O)N(C)CC=C[C@@]3(C)O[C@@]23C=CCN(c2c(C)cccc2C)C(=O)C13. The van der Waals surface area contributed by atoms with E-state index in [2.05, 4.69) is 0 Å². The molecule has 2 saturated heterocycles. The van der Waals surface area contributed by atoms with Gasteiger partial charge in [-0.15, -0.1) is 0 Å². The Balaban J connectivity index is 1.71. The quantitative estimate of drug-likeness (QED) is 0.648. The number of fused-ring (bicyclic) bond motifs is 2. The van der Waals surface area contributed by atoms with E-state index in [0.717, 1.165) is 16.8 Å². The molecule has 2 fully saturated rings. The van der Waals surface area contributed by atoms with Gasteiger partial charge in [-0.25, -0.2) is 0 Å². The largest absolute Gasteiger partial charge is 0.394 e. The molecule has 0 aromatic heterocycles. The Kier molecular flexibility index (Phi) is 5.87. The van der Waals surface area contributed by atoms with Gasteiger partial charge in [0.25, 0.3) is 5.91 Å². The van der Waals surface area contributed by atoms with Crippen molar-refractivity contribution in [3.63, 3.8) is 0 Å². The summed E-state index contributed by atoms with van der Waals surface area (Å²) in [4.78, 5) is 47.2. The topological polar surface area (TPSA) is 90.4 Å². The van der Waals surface area contributed by atoms with Crippen LogP contribution in [0.15, 0.2) is 42.5 Å². The number of aliphatic hydroxyl groups excluding tert-OH is 1. The average molecular weight is 494 g/mol. The Morgan fingerprint density at radius 3 is 2.33 bits per heavy atom. The lowest BCUT2D eigenvalue weighted by Gasteiger charge is -2.40. The minimum absolute atomic E-state index is 0.174. The first-order chi connectivity index (χ1) is 17.1. The number of para-hydroxylation sites is 1. The van der Waals surface area contributed by atoms with Crippen LogP contribution >= 0.6 is 0 Å². The van der Waals surface area contributed by atoms with E-state index in [9.17, 15) is 19.5 Å². The predicted molar refractivity (Wildman–Crippen MR) is 135 cm³/mol. The average Bonchev–Trinajstić information content (AvgIpc) is 3.11. The van der Waals surface area contributed by atoms with Crippen molar-refractivity contribution in [1.29, 1.82) is 0 Å². The number of carbonyl (C=O) groups is 3. The molecule has 4 aliphatic rings. The molecule has 1 N–H and O–H groups in total. The van der Waals surface area contributed by atoms with Gasteiger partial charge in [-0.1, -0.05) is 49.4 Å². The second-order valence-electron chi connectivity index (χ2n) is 10.7. The summed E-state index contributed by atoms with van der Waals surface area (Å²) < 4.78 is 6.79. The van der Waals surface area contributed by atoms with E-state index in [1.807, 2.05) is 70.2 Å². The van der Waals surface area contributed by atoms with Crippen LogP contribution in [0.1, 0.15) is 31.4 Å². The summed E-state index contributed by atoms with van der Waals surface area (Å²) in [6.07, 6.45) is 7.96. The van der Waals surface area contributed by atoms with E-state index >= 15 is 0 Å². The summed E-state index contributed by atoms with van der Waals surface area (Å²) in [5.74, 6) is -2.39. The van der Waals surface area contributed by atoms with Crippen LogP contribution in [0.2, 0.25) is 0 Å². The number of anilines is 1. The minimum Gasteiger partial charge on any atom is -0.394 e. The number of aliphatic hydroxyl groups is 1. The number of benzene rings is 1. The van der Waals surface area contributed by atoms with Gasteiger partial charge in [0.2, 0.25) is 11.8 Å². The Morgan fingerprint density at radius 2 is 1.69 bits per heavy atom. The van der Waals surface area contributed by atoms with Crippen molar-refractivity contribution in [3.8, 4) is 0 Å². The molecule has 4 heterocycles. The maximum absolute atomic E-state index is 14.5. The van der Waals surface area contributed by atoms with Gasteiger partial charge in [0.15, 0.2) is 0 Å². The molecule has 1 unspecified atom stereocenters. The Morgan fingerprint density at radius 1 is 1.03 bits per heavy atom. The third kappa shape index (κ3) is 3.23. The zero-order chi connectivity index (χ0) is 26.0. The van der Waals surface area contributed by atoms with E-state index in [1.165, 1.54) is 4.90 Å². The molecule has 0 saturated carbocycles. The first-order valence-corrected chi connectivity index (χ1v) is 12.7. The van der Waals surface area contributed by atoms with E-state index in [-0.39, 0.29) is 24.3 Å². The molecular formula is C28H35N3O5. The second kappa shape index (κ2) is 8.56. The summed E-state index contributed by atoms with van der Waals surface area (Å²) in [6.45, 7) is 8.12. The molecule has 4 aliphatic heterocycles. The van der Waals surface area contributed by atoms with Gasteiger partial charge in [-0.05, 0) is 38.3 Å². The summed E-state index contributed by atoms with van der Waals surface area (Å²) in [7, 11) is 1.72. The second-order valence-corrected chi connectivity index (χ2v) is 10.7. The summed E-state index contributed by atoms with van der Waals surface area (Å²) >= 11 is 0. The van der Waals surface area contributed by atoms with Crippen LogP contribution in [-0.4, -0.2) is 82.7 Å². The van der Waals surface area contributed by atoms with Gasteiger partial charge in [0.05, 0.1) is 30.1 Å². The first kappa shape index (κ1) is 24.7. The van der Waals surface area contributed by atoms with Crippen LogP contribution in [0.4, 0.5) is 5.69 Å². The van der Waals surface area contributed by atoms with Gasteiger partial charge < -0.3 is 24.5 Å². The number of hydrogen-bond donors (Lipinski definition) is 1. The molecule has 8 heteroatoms. The third-order valence-corrected chi connectivity index (χ3v) is 8.48. The first-order valence-electron chi connectivity index (χ1n) is 12.7. The number of carbonyl (C=O) groups excluding carboxylic acids is 3. The van der Waals surface area contributed by atoms with Crippen molar-refractivity contribution in [2.75, 3.05) is 31.6 Å². The number of rotatable bonds is 4. The van der Waals surface area contributed by atoms with Gasteiger partial charge >= 0.3 is 0 Å². The number of likely N-dealkylation sites (tertiary alicyclic amines) is 1. The van der Waals surface area contributed by atoms with Crippen molar-refractivity contribution >= 4 is 23.4 Å². The Hall–Kier alpha value is -2.97. The van der Waals surface area contributed by atoms with Crippen molar-refractivity contribution in [2.45, 2.75) is 57.4 Å². The lowest BCUT2D eigenvalue weighted by atomic mass is 9.74. The highest BCUT2D eigenvalue weighted by atomic mass is 16.5. The zero-order valence-corrected chi connectivity index (χ0v) is 21.6. The monoisotopic (exact) mass is 493 g/mol. The highest BCUT2D eigenvalue weighted by molar-refractivity contribution is 6.06. The fourth-order valence-corrected chi connectivity index (χ4v) is 6.82. The Bertz CT molecular complexity index is 1150. The van der Waals surface area contributed by atoms with Crippen LogP contribution in [0.3, 0.4) is 0 Å². The minimum atomic E-state index is -1.32. The lowest BCUT2D eigenvalue weighted by Crippen LogP contribution is -2.59. The number of nitrogens with zero attached hydrogens (tertiary/aromatic N) is 3. The van der Waals surface area contributed by atoms with Gasteiger partial charge in [-0.3, -0.25) is 14.4 Å². The number of aryl methyl sites for hydroxylation is 2. The van der Waals surface area contributed by atoms with Crippen molar-refractivity contribution in [2.24, 2.45) is 11.8 Å². The fraction of sp³-hybridized carbons (Fsp3) is 0.536. The van der Waals surface area contributed by atoms with E-state index in [4.69, 9.17) is 4.74 Å². The molecule has 1 spiro atoms. The number of hydrogen-bond acceptors (Lipinski definition) is 5. The van der Waals surface area contributed by atoms with Crippen LogP contribution in [0.5, 0.6) is 0 Å². The smallest absolute Gasteiger partial charge is 0.253 e. The van der Waals surface area contributed by atoms with Crippen molar-refractivity contribution in [3.05, 3.63) is 53.6 Å². The molecular weight excluding hydrogens is 458 g/mol. The van der Waals surface area contributed by atoms with E-state index < -0.39 is 35.1 Å². The Labute approximate surface area is 212 Å². The van der Waals surface area contributed by atoms with Crippen LogP contribution < -0.4 is 4.90 Å². The maximum Gasteiger partial charge on any atom is 0.253 e. The molecule has 1 aromatic rings. The molecule has 6 atom stereocenters. The third-order valence-electron chi connectivity index (χ3n) is 8.48. The van der Waals surface area contributed by atoms with Gasteiger partial charge in [0, 0.05) is 25.8 Å². The molecule has 1 aromatic carbocycles. The highest BCUT2D eigenvalue weighted by Gasteiger charge is 2.75. The predicted octanol–water partition coefficient (Wildman–Crippen LogP) is 1.98. The standard InChI is InChI=1S/C28H35N3O5/c1-6-19(16-32)31-23-26(35)30(22-17(2)10-7-11-18(22)3)15-9-13-28(23)21(25(31)34)20-24(33)29(5)14-8-12-27(20,4)36-28/h7-13,19-21,23,32H,6,14-16H2,1-5H3/t19-,20-,21-,23?,27+,28-/m0/s1. The lowest BCUT2D eigenvalue weighted by molar-refractivity contribution is -0.150. The van der Waals surface area contributed by atoms with Crippen molar-refractivity contribution < 1.29 is 24.2 Å². The van der Waals surface area contributed by atoms with E-state index in [1.54, 1.807) is 16.8 Å². The number of ether oxygens (including phenoxy) is 1. The van der Waals surface area contributed by atoms with Crippen LogP contribution in [0, 0.1) is 25.7 Å². The van der Waals surface area contributed by atoms with Crippen LogP contribution in [0.25, 0.3) is 0 Å². The van der Waals surface area contributed by atoms with E-state index in [0.29, 0.717) is 19.5 Å². The molecule has 8 nitrogen and oxygen atoms in total. The summed E-state index contributed by atoms with van der Waals surface area (Å²) in [5, 5.41) is 10.2. The summed E-state index contributed by atoms with van der Waals surface area (Å²) in [5.41, 5.74) is 0.370. The maximum atomic E-state index is 14.5. The molecule has 36 heavy (non-hydrogen) atoms. The van der Waals surface area contributed by atoms with Gasteiger partial charge in [0.1, 0.15) is 11.6 Å². The summed E-state index contributed by atoms with van der Waals surface area (Å²) in [6, 6.07) is 4.32. The highest BCUT2D eigenvalue weighted by Crippen LogP contribution is 2.58. The molecule has 3 amide bonds. The number of likely N-dealkylation sites (N-methyl/N-ethyl adjacent to an activating group) is 1. The zero-order valence-electron chi connectivity index (χ0n) is 21.6. The van der Waals surface area contributed by atoms with Gasteiger partial charge in [-0.2, -0.15) is 0 Å². The molecule has 192 valence electrons. The van der Waals surface area contributed by atoms with Crippen molar-refractivity contribution in [1.82, 2.24) is 9.80 Å². The van der Waals surface area contributed by atoms with Crippen LogP contribution in [-0.2, 0) is 19.1 Å². The molecule has 5 rings (SSSR count). The molecule has 0 bridgehead atoms. The normalized spacial score (nSPS) is 34.4. The molecule has 0 radical (unpaired) electrons. The molecule has 0 aliphatic carbocycles. The fourth-order valence-electron chi connectivity index (χ4n) is 6.82. The number of amides is 3.